The van der Waals surface area contributed by atoms with Gasteiger partial charge in [-0.15, -0.1) is 0 Å². The van der Waals surface area contributed by atoms with Crippen LogP contribution in [0, 0.1) is 25.5 Å². The fourth-order valence-electron chi connectivity index (χ4n) is 3.18. The molecule has 0 aliphatic rings. The highest BCUT2D eigenvalue weighted by atomic mass is 35.5. The van der Waals surface area contributed by atoms with Gasteiger partial charge in [0.25, 0.3) is 5.56 Å². The molecule has 4 rings (SSSR count). The highest BCUT2D eigenvalue weighted by molar-refractivity contribution is 6.31. The van der Waals surface area contributed by atoms with E-state index in [0.717, 1.165) is 6.20 Å². The normalized spacial score (nSPS) is 10.9. The molecular weight excluding hydrogens is 456 g/mol. The summed E-state index contributed by atoms with van der Waals surface area (Å²) in [6.07, 6.45) is 4.63. The van der Waals surface area contributed by atoms with E-state index in [-0.39, 0.29) is 28.8 Å². The average molecular weight is 472 g/mol. The Morgan fingerprint density at radius 2 is 1.94 bits per heavy atom. The lowest BCUT2D eigenvalue weighted by Crippen LogP contribution is -2.23. The molecule has 0 unspecified atom stereocenters. The highest BCUT2D eigenvalue weighted by Crippen LogP contribution is 2.26. The second-order valence-corrected chi connectivity index (χ2v) is 7.49. The van der Waals surface area contributed by atoms with Crippen LogP contribution < -0.4 is 10.3 Å². The second-order valence-electron chi connectivity index (χ2n) is 7.11. The minimum absolute atomic E-state index is 0.0376. The fourth-order valence-corrected chi connectivity index (χ4v) is 3.37. The smallest absolute Gasteiger partial charge is 0.277 e. The predicted octanol–water partition coefficient (Wildman–Crippen LogP) is 3.75. The van der Waals surface area contributed by atoms with Crippen LogP contribution in [0.5, 0.6) is 5.75 Å². The number of nitrogens with zero attached hydrogens (tertiary/aromatic N) is 5. The molecule has 0 aliphatic heterocycles. The maximum absolute atomic E-state index is 13.8. The van der Waals surface area contributed by atoms with Crippen LogP contribution >= 0.6 is 11.6 Å². The van der Waals surface area contributed by atoms with Crippen LogP contribution in [0.3, 0.4) is 0 Å². The minimum Gasteiger partial charge on any atom is -0.485 e. The van der Waals surface area contributed by atoms with Crippen molar-refractivity contribution < 1.29 is 18.3 Å². The van der Waals surface area contributed by atoms with Crippen molar-refractivity contribution in [2.24, 2.45) is 0 Å². The number of hydrogen-bond donors (Lipinski definition) is 0. The number of aromatic nitrogens is 5. The van der Waals surface area contributed by atoms with Crippen molar-refractivity contribution in [2.75, 3.05) is 0 Å². The summed E-state index contributed by atoms with van der Waals surface area (Å²) < 4.78 is 35.2. The summed E-state index contributed by atoms with van der Waals surface area (Å²) in [5.41, 5.74) is 1.23. The second kappa shape index (κ2) is 8.91. The van der Waals surface area contributed by atoms with Gasteiger partial charge in [-0.05, 0) is 25.5 Å². The summed E-state index contributed by atoms with van der Waals surface area (Å²) in [6.45, 7) is 3.12. The summed E-state index contributed by atoms with van der Waals surface area (Å²) in [6, 6.07) is 5.40. The van der Waals surface area contributed by atoms with Crippen molar-refractivity contribution in [1.82, 2.24) is 24.3 Å². The number of halogens is 3. The molecule has 0 bridgehead atoms. The van der Waals surface area contributed by atoms with Gasteiger partial charge in [0.2, 0.25) is 0 Å². The van der Waals surface area contributed by atoms with Gasteiger partial charge in [-0.25, -0.2) is 18.4 Å². The van der Waals surface area contributed by atoms with Gasteiger partial charge in [0, 0.05) is 36.3 Å². The lowest BCUT2D eigenvalue weighted by Gasteiger charge is -2.16. The molecule has 0 spiro atoms. The maximum atomic E-state index is 13.8. The molecule has 4 aromatic rings. The van der Waals surface area contributed by atoms with Crippen molar-refractivity contribution >= 4 is 17.9 Å². The molecule has 0 atom stereocenters. The first-order chi connectivity index (χ1) is 15.8. The Kier molecular flexibility index (Phi) is 6.01. The zero-order valence-corrected chi connectivity index (χ0v) is 18.2. The van der Waals surface area contributed by atoms with E-state index in [9.17, 15) is 18.4 Å². The van der Waals surface area contributed by atoms with Crippen molar-refractivity contribution in [2.45, 2.75) is 20.5 Å². The van der Waals surface area contributed by atoms with Gasteiger partial charge in [-0.3, -0.25) is 19.1 Å². The van der Waals surface area contributed by atoms with E-state index in [1.165, 1.54) is 21.4 Å². The van der Waals surface area contributed by atoms with Crippen molar-refractivity contribution in [3.05, 3.63) is 92.5 Å². The monoisotopic (exact) mass is 471 g/mol. The van der Waals surface area contributed by atoms with Crippen LogP contribution in [0.25, 0.3) is 11.5 Å². The fraction of sp³-hybridized carbons (Fsp3) is 0.136. The molecule has 0 radical (unpaired) electrons. The summed E-state index contributed by atoms with van der Waals surface area (Å²) in [7, 11) is 0. The van der Waals surface area contributed by atoms with Gasteiger partial charge in [-0.2, -0.15) is 5.10 Å². The quantitative estimate of drug-likeness (QED) is 0.398. The van der Waals surface area contributed by atoms with E-state index in [4.69, 9.17) is 16.3 Å². The van der Waals surface area contributed by atoms with Gasteiger partial charge >= 0.3 is 0 Å². The van der Waals surface area contributed by atoms with Gasteiger partial charge in [0.15, 0.2) is 17.9 Å². The van der Waals surface area contributed by atoms with E-state index in [1.807, 2.05) is 0 Å². The molecule has 0 amide bonds. The van der Waals surface area contributed by atoms with E-state index >= 15 is 0 Å². The molecule has 168 valence electrons. The molecule has 33 heavy (non-hydrogen) atoms. The summed E-state index contributed by atoms with van der Waals surface area (Å²) in [4.78, 5) is 32.0. The summed E-state index contributed by atoms with van der Waals surface area (Å²) >= 11 is 6.28. The number of aryl methyl sites for hydroxylation is 2. The van der Waals surface area contributed by atoms with E-state index < -0.39 is 17.2 Å². The number of rotatable bonds is 6. The third kappa shape index (κ3) is 4.37. The van der Waals surface area contributed by atoms with Crippen LogP contribution in [0.1, 0.15) is 27.4 Å². The number of pyridine rings is 3. The Morgan fingerprint density at radius 1 is 1.15 bits per heavy atom. The highest BCUT2D eigenvalue weighted by Gasteiger charge is 2.17. The molecule has 4 aromatic heterocycles. The van der Waals surface area contributed by atoms with Gasteiger partial charge in [-0.1, -0.05) is 11.6 Å². The first kappa shape index (κ1) is 22.3. The molecule has 0 saturated heterocycles. The first-order valence-electron chi connectivity index (χ1n) is 9.61. The zero-order valence-electron chi connectivity index (χ0n) is 17.4. The van der Waals surface area contributed by atoms with Crippen LogP contribution in [-0.2, 0) is 6.61 Å². The third-order valence-electron chi connectivity index (χ3n) is 4.81. The predicted molar refractivity (Wildman–Crippen MR) is 115 cm³/mol. The standard InChI is InChI=1S/C22H16ClF2N5O3/c1-12-8-27-20(29-4-3-15(10-31)28-29)7-18(12)30-13(2)5-19(21(23)22(30)32)33-11-17-16(25)6-14(24)9-26-17/h3-10H,11H2,1-2H3. The Balaban J connectivity index is 1.71. The lowest BCUT2D eigenvalue weighted by molar-refractivity contribution is 0.111. The van der Waals surface area contributed by atoms with Gasteiger partial charge in [0.05, 0.1) is 11.9 Å². The first-order valence-corrected chi connectivity index (χ1v) is 9.99. The van der Waals surface area contributed by atoms with Crippen molar-refractivity contribution in [3.63, 3.8) is 0 Å². The summed E-state index contributed by atoms with van der Waals surface area (Å²) in [5, 5.41) is 3.88. The molecule has 4 heterocycles. The zero-order chi connectivity index (χ0) is 23.7. The van der Waals surface area contributed by atoms with E-state index in [2.05, 4.69) is 15.1 Å². The molecule has 0 saturated carbocycles. The molecule has 0 N–H and O–H groups in total. The molecule has 8 nitrogen and oxygen atoms in total. The van der Waals surface area contributed by atoms with Gasteiger partial charge in [0.1, 0.15) is 34.6 Å². The number of hydrogen-bond acceptors (Lipinski definition) is 6. The van der Waals surface area contributed by atoms with Crippen molar-refractivity contribution in [3.8, 4) is 17.3 Å². The largest absolute Gasteiger partial charge is 0.485 e. The minimum atomic E-state index is -0.868. The van der Waals surface area contributed by atoms with Crippen molar-refractivity contribution in [1.29, 1.82) is 0 Å². The lowest BCUT2D eigenvalue weighted by atomic mass is 10.2. The third-order valence-corrected chi connectivity index (χ3v) is 5.16. The van der Waals surface area contributed by atoms with E-state index in [1.54, 1.807) is 32.3 Å². The molecular formula is C22H16ClF2N5O3. The maximum Gasteiger partial charge on any atom is 0.277 e. The Morgan fingerprint density at radius 3 is 2.64 bits per heavy atom. The number of carbonyl (C=O) groups is 1. The Labute approximate surface area is 191 Å². The van der Waals surface area contributed by atoms with Gasteiger partial charge < -0.3 is 4.74 Å². The average Bonchev–Trinajstić information content (AvgIpc) is 3.27. The van der Waals surface area contributed by atoms with Crippen LogP contribution in [0.4, 0.5) is 8.78 Å². The van der Waals surface area contributed by atoms with Crippen LogP contribution in [0.15, 0.2) is 47.7 Å². The van der Waals surface area contributed by atoms with Crippen LogP contribution in [-0.4, -0.2) is 30.6 Å². The van der Waals surface area contributed by atoms with E-state index in [0.29, 0.717) is 35.1 Å². The molecule has 0 aliphatic carbocycles. The molecule has 0 fully saturated rings. The molecule has 11 heteroatoms. The number of aldehydes is 1. The topological polar surface area (TPSA) is 91.9 Å². The Hall–Kier alpha value is -3.92. The van der Waals surface area contributed by atoms with Crippen LogP contribution in [0.2, 0.25) is 5.02 Å². The Bertz CT molecular complexity index is 1430. The number of carbonyl (C=O) groups excluding carboxylic acids is 1. The number of ether oxygens (including phenoxy) is 1. The molecule has 0 aromatic carbocycles. The summed E-state index contributed by atoms with van der Waals surface area (Å²) in [5.74, 6) is -1.25. The SMILES string of the molecule is Cc1cnc(-n2ccc(C=O)n2)cc1-n1c(C)cc(OCc2ncc(F)cc2F)c(Cl)c1=O.